The van der Waals surface area contributed by atoms with Crippen molar-refractivity contribution in [3.8, 4) is 6.07 Å². The molecule has 0 fully saturated rings. The summed E-state index contributed by atoms with van der Waals surface area (Å²) in [5, 5.41) is 14.1. The van der Waals surface area contributed by atoms with Crippen LogP contribution in [0.25, 0.3) is 10.9 Å². The lowest BCUT2D eigenvalue weighted by molar-refractivity contribution is 0.751. The normalized spacial score (nSPS) is 10.2. The number of hydrogen-bond acceptors (Lipinski definition) is 2. The van der Waals surface area contributed by atoms with Crippen molar-refractivity contribution < 1.29 is 0 Å². The molecule has 1 heterocycles. The number of aromatic nitrogens is 2. The SMILES string of the molecule is Cc1c2ccc(C#N)cc2nn1C. The van der Waals surface area contributed by atoms with Crippen LogP contribution in [0.2, 0.25) is 0 Å². The van der Waals surface area contributed by atoms with Crippen LogP contribution in [0.5, 0.6) is 0 Å². The van der Waals surface area contributed by atoms with Gasteiger partial charge in [-0.3, -0.25) is 4.68 Å². The summed E-state index contributed by atoms with van der Waals surface area (Å²) in [6.45, 7) is 2.02. The largest absolute Gasteiger partial charge is 0.272 e. The standard InChI is InChI=1S/C10H9N3/c1-7-9-4-3-8(6-11)5-10(9)12-13(7)2/h3-5H,1-2H3. The number of hydrogen-bond donors (Lipinski definition) is 0. The van der Waals surface area contributed by atoms with Gasteiger partial charge in [0.25, 0.3) is 0 Å². The molecule has 0 amide bonds. The lowest BCUT2D eigenvalue weighted by Gasteiger charge is -1.91. The van der Waals surface area contributed by atoms with Crippen molar-refractivity contribution in [3.05, 3.63) is 29.5 Å². The van der Waals surface area contributed by atoms with E-state index in [0.717, 1.165) is 16.6 Å². The van der Waals surface area contributed by atoms with E-state index in [1.54, 1.807) is 0 Å². The Labute approximate surface area is 76.2 Å². The van der Waals surface area contributed by atoms with E-state index in [9.17, 15) is 0 Å². The lowest BCUT2D eigenvalue weighted by Crippen LogP contribution is -1.91. The summed E-state index contributed by atoms with van der Waals surface area (Å²) in [4.78, 5) is 0. The summed E-state index contributed by atoms with van der Waals surface area (Å²) >= 11 is 0. The van der Waals surface area contributed by atoms with Gasteiger partial charge in [0.1, 0.15) is 0 Å². The van der Waals surface area contributed by atoms with Gasteiger partial charge in [0.15, 0.2) is 0 Å². The van der Waals surface area contributed by atoms with Gasteiger partial charge < -0.3 is 0 Å². The first-order valence-corrected chi connectivity index (χ1v) is 4.06. The van der Waals surface area contributed by atoms with E-state index < -0.39 is 0 Å². The van der Waals surface area contributed by atoms with Gasteiger partial charge in [0.2, 0.25) is 0 Å². The van der Waals surface area contributed by atoms with Crippen molar-refractivity contribution in [2.45, 2.75) is 6.92 Å². The summed E-state index contributed by atoms with van der Waals surface area (Å²) in [5.41, 5.74) is 2.67. The number of benzene rings is 1. The third-order valence-electron chi connectivity index (χ3n) is 2.26. The van der Waals surface area contributed by atoms with E-state index in [2.05, 4.69) is 11.2 Å². The molecule has 3 heteroatoms. The Morgan fingerprint density at radius 1 is 1.46 bits per heavy atom. The zero-order chi connectivity index (χ0) is 9.42. The van der Waals surface area contributed by atoms with Gasteiger partial charge in [0, 0.05) is 18.1 Å². The van der Waals surface area contributed by atoms with Crippen molar-refractivity contribution in [3.63, 3.8) is 0 Å². The van der Waals surface area contributed by atoms with Crippen LogP contribution in [-0.2, 0) is 7.05 Å². The van der Waals surface area contributed by atoms with Gasteiger partial charge in [-0.25, -0.2) is 0 Å². The molecule has 13 heavy (non-hydrogen) atoms. The predicted molar refractivity (Wildman–Crippen MR) is 50.2 cm³/mol. The number of aryl methyl sites for hydroxylation is 2. The van der Waals surface area contributed by atoms with Crippen LogP contribution in [0.4, 0.5) is 0 Å². The molecule has 0 saturated heterocycles. The van der Waals surface area contributed by atoms with E-state index in [4.69, 9.17) is 5.26 Å². The second kappa shape index (κ2) is 2.60. The quantitative estimate of drug-likeness (QED) is 0.606. The minimum absolute atomic E-state index is 0.658. The number of fused-ring (bicyclic) bond motifs is 1. The molecule has 0 radical (unpaired) electrons. The van der Waals surface area contributed by atoms with Crippen molar-refractivity contribution in [1.29, 1.82) is 5.26 Å². The Morgan fingerprint density at radius 2 is 2.23 bits per heavy atom. The summed E-state index contributed by atoms with van der Waals surface area (Å²) in [7, 11) is 1.90. The van der Waals surface area contributed by atoms with Crippen LogP contribution in [-0.4, -0.2) is 9.78 Å². The lowest BCUT2D eigenvalue weighted by atomic mass is 10.1. The van der Waals surface area contributed by atoms with Gasteiger partial charge in [0.05, 0.1) is 17.1 Å². The van der Waals surface area contributed by atoms with Gasteiger partial charge in [-0.2, -0.15) is 10.4 Å². The summed E-state index contributed by atoms with van der Waals surface area (Å²) in [5.74, 6) is 0. The molecule has 64 valence electrons. The Balaban J connectivity index is 2.82. The third-order valence-corrected chi connectivity index (χ3v) is 2.26. The van der Waals surface area contributed by atoms with Gasteiger partial charge in [-0.1, -0.05) is 0 Å². The monoisotopic (exact) mass is 171 g/mol. The van der Waals surface area contributed by atoms with Crippen molar-refractivity contribution >= 4 is 10.9 Å². The van der Waals surface area contributed by atoms with Crippen LogP contribution in [0, 0.1) is 18.3 Å². The minimum Gasteiger partial charge on any atom is -0.272 e. The fraction of sp³-hybridized carbons (Fsp3) is 0.200. The molecule has 0 N–H and O–H groups in total. The molecule has 0 aliphatic heterocycles. The average Bonchev–Trinajstić information content (AvgIpc) is 2.42. The molecule has 0 spiro atoms. The molecule has 0 atom stereocenters. The highest BCUT2D eigenvalue weighted by Crippen LogP contribution is 2.17. The van der Waals surface area contributed by atoms with E-state index in [1.165, 1.54) is 0 Å². The predicted octanol–water partition coefficient (Wildman–Crippen LogP) is 1.75. The Hall–Kier alpha value is -1.82. The van der Waals surface area contributed by atoms with Crippen molar-refractivity contribution in [2.75, 3.05) is 0 Å². The highest BCUT2D eigenvalue weighted by atomic mass is 15.3. The molecular formula is C10H9N3. The van der Waals surface area contributed by atoms with Gasteiger partial charge in [-0.15, -0.1) is 0 Å². The van der Waals surface area contributed by atoms with Gasteiger partial charge in [-0.05, 0) is 25.1 Å². The summed E-state index contributed by atoms with van der Waals surface area (Å²) in [6.07, 6.45) is 0. The van der Waals surface area contributed by atoms with Crippen LogP contribution in [0.1, 0.15) is 11.3 Å². The maximum atomic E-state index is 8.69. The molecule has 3 nitrogen and oxygen atoms in total. The fourth-order valence-corrected chi connectivity index (χ4v) is 1.40. The number of rotatable bonds is 0. The first kappa shape index (κ1) is 7.81. The smallest absolute Gasteiger partial charge is 0.0992 e. The zero-order valence-corrected chi connectivity index (χ0v) is 7.57. The van der Waals surface area contributed by atoms with Gasteiger partial charge >= 0.3 is 0 Å². The van der Waals surface area contributed by atoms with E-state index in [-0.39, 0.29) is 0 Å². The van der Waals surface area contributed by atoms with Crippen LogP contribution in [0.3, 0.4) is 0 Å². The Morgan fingerprint density at radius 3 is 2.92 bits per heavy atom. The van der Waals surface area contributed by atoms with Crippen LogP contribution in [0.15, 0.2) is 18.2 Å². The van der Waals surface area contributed by atoms with Crippen molar-refractivity contribution in [2.24, 2.45) is 7.05 Å². The summed E-state index contributed by atoms with van der Waals surface area (Å²) in [6, 6.07) is 7.66. The Kier molecular flexibility index (Phi) is 1.56. The second-order valence-corrected chi connectivity index (χ2v) is 3.05. The maximum Gasteiger partial charge on any atom is 0.0992 e. The molecule has 0 bridgehead atoms. The highest BCUT2D eigenvalue weighted by molar-refractivity contribution is 5.82. The van der Waals surface area contributed by atoms with E-state index in [1.807, 2.05) is 36.9 Å². The molecule has 2 aromatic rings. The first-order chi connectivity index (χ1) is 6.22. The minimum atomic E-state index is 0.658. The molecule has 0 aliphatic rings. The molecule has 1 aromatic heterocycles. The Bertz CT molecular complexity index is 503. The summed E-state index contributed by atoms with van der Waals surface area (Å²) < 4.78 is 1.83. The van der Waals surface area contributed by atoms with Crippen LogP contribution < -0.4 is 0 Å². The molecule has 0 unspecified atom stereocenters. The maximum absolute atomic E-state index is 8.69. The third kappa shape index (κ3) is 1.07. The average molecular weight is 171 g/mol. The van der Waals surface area contributed by atoms with E-state index in [0.29, 0.717) is 5.56 Å². The molecule has 0 saturated carbocycles. The highest BCUT2D eigenvalue weighted by Gasteiger charge is 2.04. The second-order valence-electron chi connectivity index (χ2n) is 3.05. The number of nitrogens with zero attached hydrogens (tertiary/aromatic N) is 3. The molecule has 1 aromatic carbocycles. The number of nitriles is 1. The van der Waals surface area contributed by atoms with Crippen LogP contribution >= 0.6 is 0 Å². The topological polar surface area (TPSA) is 41.6 Å². The molecular weight excluding hydrogens is 162 g/mol. The molecule has 0 aliphatic carbocycles. The molecule has 2 rings (SSSR count). The van der Waals surface area contributed by atoms with E-state index >= 15 is 0 Å². The first-order valence-electron chi connectivity index (χ1n) is 4.06. The fourth-order valence-electron chi connectivity index (χ4n) is 1.40. The zero-order valence-electron chi connectivity index (χ0n) is 7.57. The van der Waals surface area contributed by atoms with Crippen molar-refractivity contribution in [1.82, 2.24) is 9.78 Å².